The Labute approximate surface area is 251 Å². The van der Waals surface area contributed by atoms with Crippen LogP contribution < -0.4 is 14.2 Å². The van der Waals surface area contributed by atoms with Gasteiger partial charge in [0.05, 0.1) is 30.9 Å². The summed E-state index contributed by atoms with van der Waals surface area (Å²) in [5.74, 6) is 0.651. The Morgan fingerprint density at radius 2 is 1.28 bits per heavy atom. The molecule has 1 atom stereocenters. The number of fused-ring (bicyclic) bond motifs is 3. The molecular formula is C36H31NO6. The van der Waals surface area contributed by atoms with Crippen molar-refractivity contribution >= 4 is 17.6 Å². The minimum Gasteiger partial charge on any atom is -0.494 e. The summed E-state index contributed by atoms with van der Waals surface area (Å²) in [6.45, 7) is 14.5. The molecule has 43 heavy (non-hydrogen) atoms. The fourth-order valence-corrected chi connectivity index (χ4v) is 4.94. The van der Waals surface area contributed by atoms with Crippen LogP contribution in [0.25, 0.3) is 16.0 Å². The molecule has 0 saturated carbocycles. The Bertz CT molecular complexity index is 1670. The Balaban J connectivity index is 1.18. The van der Waals surface area contributed by atoms with Crippen LogP contribution >= 0.6 is 0 Å². The number of ether oxygens (including phenoxy) is 4. The molecule has 4 aromatic rings. The van der Waals surface area contributed by atoms with E-state index in [1.807, 2.05) is 24.3 Å². The van der Waals surface area contributed by atoms with Crippen molar-refractivity contribution < 1.29 is 28.5 Å². The zero-order valence-electron chi connectivity index (χ0n) is 23.9. The summed E-state index contributed by atoms with van der Waals surface area (Å²) in [6, 6.07) is 24.5. The minimum absolute atomic E-state index is 0.00485. The van der Waals surface area contributed by atoms with Gasteiger partial charge in [0.25, 0.3) is 0 Å². The summed E-state index contributed by atoms with van der Waals surface area (Å²) in [5.41, 5.74) is 5.40. The number of hydrogen-bond acceptors (Lipinski definition) is 6. The van der Waals surface area contributed by atoms with Crippen LogP contribution in [0.5, 0.6) is 17.2 Å². The van der Waals surface area contributed by atoms with E-state index in [2.05, 4.69) is 18.3 Å². The van der Waals surface area contributed by atoms with Crippen molar-refractivity contribution in [2.75, 3.05) is 19.8 Å². The zero-order valence-corrected chi connectivity index (χ0v) is 23.9. The molecule has 7 nitrogen and oxygen atoms in total. The van der Waals surface area contributed by atoms with E-state index in [0.29, 0.717) is 53.9 Å². The molecule has 0 radical (unpaired) electrons. The predicted octanol–water partition coefficient (Wildman–Crippen LogP) is 8.17. The van der Waals surface area contributed by atoms with E-state index < -0.39 is 11.9 Å². The molecule has 0 aromatic heterocycles. The Hall–Kier alpha value is -5.19. The van der Waals surface area contributed by atoms with Crippen LogP contribution in [0, 0.1) is 6.57 Å². The van der Waals surface area contributed by atoms with E-state index in [1.165, 1.54) is 0 Å². The van der Waals surface area contributed by atoms with Crippen LogP contribution in [-0.2, 0) is 4.74 Å². The first-order valence-corrected chi connectivity index (χ1v) is 14.1. The summed E-state index contributed by atoms with van der Waals surface area (Å²) < 4.78 is 22.4. The monoisotopic (exact) mass is 573 g/mol. The van der Waals surface area contributed by atoms with E-state index in [0.717, 1.165) is 35.1 Å². The summed E-state index contributed by atoms with van der Waals surface area (Å²) >= 11 is 0. The van der Waals surface area contributed by atoms with Gasteiger partial charge in [0.2, 0.25) is 0 Å². The van der Waals surface area contributed by atoms with Crippen molar-refractivity contribution in [2.24, 2.45) is 0 Å². The maximum Gasteiger partial charge on any atom is 0.343 e. The number of nitrogens with zero attached hydrogens (tertiary/aromatic N) is 1. The van der Waals surface area contributed by atoms with Gasteiger partial charge in [-0.1, -0.05) is 49.4 Å². The maximum atomic E-state index is 12.9. The maximum absolute atomic E-state index is 12.9. The quantitative estimate of drug-likeness (QED) is 0.0560. The molecule has 0 aliphatic heterocycles. The van der Waals surface area contributed by atoms with Gasteiger partial charge in [-0.3, -0.25) is 0 Å². The highest BCUT2D eigenvalue weighted by Gasteiger charge is 2.27. The van der Waals surface area contributed by atoms with Gasteiger partial charge in [-0.15, -0.1) is 6.58 Å². The highest BCUT2D eigenvalue weighted by Crippen LogP contribution is 2.47. The lowest BCUT2D eigenvalue weighted by Gasteiger charge is -2.10. The topological polar surface area (TPSA) is 75.4 Å². The molecule has 0 amide bonds. The lowest BCUT2D eigenvalue weighted by atomic mass is 9.99. The van der Waals surface area contributed by atoms with Gasteiger partial charge in [0.1, 0.15) is 17.2 Å². The van der Waals surface area contributed by atoms with Gasteiger partial charge in [-0.2, -0.15) is 0 Å². The number of carbonyl (C=O) groups excluding carboxylic acids is 2. The summed E-state index contributed by atoms with van der Waals surface area (Å²) in [6.07, 6.45) is 3.50. The van der Waals surface area contributed by atoms with Gasteiger partial charge in [-0.05, 0) is 83.6 Å². The Morgan fingerprint density at radius 3 is 1.81 bits per heavy atom. The molecule has 0 saturated heterocycles. The molecule has 4 aromatic carbocycles. The molecule has 0 bridgehead atoms. The first kappa shape index (κ1) is 29.3. The summed E-state index contributed by atoms with van der Waals surface area (Å²) in [5, 5.41) is 0. The van der Waals surface area contributed by atoms with E-state index in [-0.39, 0.29) is 5.92 Å². The Kier molecular flexibility index (Phi) is 9.30. The molecule has 0 N–H and O–H groups in total. The van der Waals surface area contributed by atoms with Crippen LogP contribution in [0.4, 0.5) is 5.69 Å². The SMILES string of the molecule is [C-]#[N+]c1ccc(C(=O)Oc2ccc3c(c2)C(C)c2cc(OC(=O)c4ccc(OCCCCOCC=C)cc4)ccc2-3)cc1. The smallest absolute Gasteiger partial charge is 0.343 e. The van der Waals surface area contributed by atoms with Crippen LogP contribution in [-0.4, -0.2) is 31.8 Å². The lowest BCUT2D eigenvalue weighted by Crippen LogP contribution is -2.09. The molecule has 0 heterocycles. The normalized spacial score (nSPS) is 12.9. The molecular weight excluding hydrogens is 542 g/mol. The summed E-state index contributed by atoms with van der Waals surface area (Å²) in [4.78, 5) is 28.8. The number of unbranched alkanes of at least 4 members (excludes halogenated alkanes) is 1. The lowest BCUT2D eigenvalue weighted by molar-refractivity contribution is 0.0725. The fraction of sp³-hybridized carbons (Fsp3) is 0.194. The van der Waals surface area contributed by atoms with Crippen LogP contribution in [0.3, 0.4) is 0 Å². The fourth-order valence-electron chi connectivity index (χ4n) is 4.94. The third-order valence-corrected chi connectivity index (χ3v) is 7.20. The van der Waals surface area contributed by atoms with Gasteiger partial charge < -0.3 is 18.9 Å². The average Bonchev–Trinajstić information content (AvgIpc) is 3.31. The third kappa shape index (κ3) is 7.00. The Morgan fingerprint density at radius 1 is 0.767 bits per heavy atom. The minimum atomic E-state index is -0.488. The zero-order chi connectivity index (χ0) is 30.2. The van der Waals surface area contributed by atoms with E-state index in [1.54, 1.807) is 66.7 Å². The second kappa shape index (κ2) is 13.6. The molecule has 0 fully saturated rings. The predicted molar refractivity (Wildman–Crippen MR) is 164 cm³/mol. The van der Waals surface area contributed by atoms with Crippen LogP contribution in [0.1, 0.15) is 57.5 Å². The van der Waals surface area contributed by atoms with Gasteiger partial charge >= 0.3 is 11.9 Å². The van der Waals surface area contributed by atoms with E-state index in [9.17, 15) is 9.59 Å². The highest BCUT2D eigenvalue weighted by atomic mass is 16.5. The molecule has 5 rings (SSSR count). The van der Waals surface area contributed by atoms with Gasteiger partial charge in [-0.25, -0.2) is 14.4 Å². The number of esters is 2. The van der Waals surface area contributed by atoms with E-state index >= 15 is 0 Å². The standard InChI is InChI=1S/C36H31NO6/c1-4-19-40-20-5-6-21-41-28-13-9-26(10-14-28)36(39)43-30-16-18-32-31-17-15-29(22-33(31)24(2)34(32)23-30)42-35(38)25-7-11-27(37-3)12-8-25/h4,7-18,22-24H,1,5-6,19-21H2,2H3. The van der Waals surface area contributed by atoms with Crippen LogP contribution in [0.2, 0.25) is 0 Å². The number of benzene rings is 4. The van der Waals surface area contributed by atoms with Gasteiger partial charge in [0, 0.05) is 12.5 Å². The molecule has 1 aliphatic carbocycles. The third-order valence-electron chi connectivity index (χ3n) is 7.20. The van der Waals surface area contributed by atoms with Crippen molar-refractivity contribution in [3.8, 4) is 28.4 Å². The first-order chi connectivity index (χ1) is 21.0. The average molecular weight is 574 g/mol. The second-order valence-electron chi connectivity index (χ2n) is 10.1. The van der Waals surface area contributed by atoms with Crippen LogP contribution in [0.15, 0.2) is 97.6 Å². The van der Waals surface area contributed by atoms with Crippen molar-refractivity contribution in [3.05, 3.63) is 131 Å². The first-order valence-electron chi connectivity index (χ1n) is 14.1. The van der Waals surface area contributed by atoms with Gasteiger partial charge in [0.15, 0.2) is 5.69 Å². The van der Waals surface area contributed by atoms with Crippen molar-refractivity contribution in [1.29, 1.82) is 0 Å². The second-order valence-corrected chi connectivity index (χ2v) is 10.1. The molecule has 216 valence electrons. The largest absolute Gasteiger partial charge is 0.494 e. The number of hydrogen-bond donors (Lipinski definition) is 0. The van der Waals surface area contributed by atoms with E-state index in [4.69, 9.17) is 25.5 Å². The van der Waals surface area contributed by atoms with Crippen molar-refractivity contribution in [3.63, 3.8) is 0 Å². The van der Waals surface area contributed by atoms with Crippen molar-refractivity contribution in [2.45, 2.75) is 25.7 Å². The number of rotatable bonds is 12. The molecule has 0 spiro atoms. The molecule has 7 heteroatoms. The summed E-state index contributed by atoms with van der Waals surface area (Å²) in [7, 11) is 0. The van der Waals surface area contributed by atoms with Crippen molar-refractivity contribution in [1.82, 2.24) is 0 Å². The molecule has 1 aliphatic rings. The number of carbonyl (C=O) groups is 2. The highest BCUT2D eigenvalue weighted by molar-refractivity contribution is 5.92. The molecule has 1 unspecified atom stereocenters.